The van der Waals surface area contributed by atoms with Gasteiger partial charge in [0, 0.05) is 0 Å². The molecule has 2 aromatic carbocycles. The number of likely N-dealkylation sites (N-methyl/N-ethyl adjacent to an activating group) is 1. The molecule has 0 bridgehead atoms. The number of hydrogen-bond donors (Lipinski definition) is 1. The van der Waals surface area contributed by atoms with Crippen molar-refractivity contribution in [3.63, 3.8) is 0 Å². The number of hydrogen-bond acceptors (Lipinski definition) is 2. The van der Waals surface area contributed by atoms with Gasteiger partial charge in [0.1, 0.15) is 6.10 Å². The van der Waals surface area contributed by atoms with Crippen LogP contribution in [-0.4, -0.2) is 13.2 Å². The highest BCUT2D eigenvalue weighted by atomic mass is 16.5. The van der Waals surface area contributed by atoms with Crippen molar-refractivity contribution in [2.24, 2.45) is 0 Å². The predicted molar refractivity (Wildman–Crippen MR) is 86.4 cm³/mol. The number of aryl methyl sites for hydroxylation is 1. The Morgan fingerprint density at radius 3 is 2.67 bits per heavy atom. The smallest absolute Gasteiger partial charge is 0.102 e. The summed E-state index contributed by atoms with van der Waals surface area (Å²) >= 11 is 0. The number of fused-ring (bicyclic) bond motifs is 1. The average molecular weight is 281 g/mol. The van der Waals surface area contributed by atoms with E-state index in [4.69, 9.17) is 4.74 Å². The van der Waals surface area contributed by atoms with Gasteiger partial charge in [-0.3, -0.25) is 0 Å². The van der Waals surface area contributed by atoms with Gasteiger partial charge in [-0.05, 0) is 36.6 Å². The fourth-order valence-electron chi connectivity index (χ4n) is 3.09. The standard InChI is InChI=1S/C19H23NO/c1-3-20-18(16-10-8-14(2)9-11-16)19-17-7-5-4-6-15(17)12-13-21-19/h4-11,18-20H,3,12-13H2,1-2H3. The lowest BCUT2D eigenvalue weighted by molar-refractivity contribution is 0.0151. The zero-order valence-corrected chi connectivity index (χ0v) is 12.8. The van der Waals surface area contributed by atoms with Crippen LogP contribution in [0, 0.1) is 6.92 Å². The third-order valence-electron chi connectivity index (χ3n) is 4.19. The molecule has 1 aliphatic heterocycles. The van der Waals surface area contributed by atoms with Crippen LogP contribution in [0.4, 0.5) is 0 Å². The summed E-state index contributed by atoms with van der Waals surface area (Å²) in [5.41, 5.74) is 5.34. The lowest BCUT2D eigenvalue weighted by atomic mass is 9.89. The van der Waals surface area contributed by atoms with Gasteiger partial charge >= 0.3 is 0 Å². The molecule has 110 valence electrons. The minimum Gasteiger partial charge on any atom is -0.371 e. The molecule has 1 aliphatic rings. The zero-order valence-electron chi connectivity index (χ0n) is 12.8. The van der Waals surface area contributed by atoms with Gasteiger partial charge in [-0.25, -0.2) is 0 Å². The molecule has 3 rings (SSSR count). The summed E-state index contributed by atoms with van der Waals surface area (Å²) in [6.07, 6.45) is 1.11. The van der Waals surface area contributed by atoms with Crippen LogP contribution >= 0.6 is 0 Å². The van der Waals surface area contributed by atoms with Crippen LogP contribution in [0.3, 0.4) is 0 Å². The molecule has 0 aliphatic carbocycles. The van der Waals surface area contributed by atoms with Crippen molar-refractivity contribution in [2.75, 3.05) is 13.2 Å². The zero-order chi connectivity index (χ0) is 14.7. The molecule has 2 aromatic rings. The Labute approximate surface area is 127 Å². The summed E-state index contributed by atoms with van der Waals surface area (Å²) in [7, 11) is 0. The van der Waals surface area contributed by atoms with E-state index in [1.54, 1.807) is 0 Å². The van der Waals surface area contributed by atoms with Gasteiger partial charge in [-0.2, -0.15) is 0 Å². The van der Waals surface area contributed by atoms with E-state index >= 15 is 0 Å². The van der Waals surface area contributed by atoms with E-state index in [9.17, 15) is 0 Å². The van der Waals surface area contributed by atoms with E-state index in [2.05, 4.69) is 67.7 Å². The Bertz CT molecular complexity index is 591. The molecule has 0 amide bonds. The van der Waals surface area contributed by atoms with Gasteiger partial charge in [-0.15, -0.1) is 0 Å². The molecule has 0 spiro atoms. The molecule has 21 heavy (non-hydrogen) atoms. The average Bonchev–Trinajstić information content (AvgIpc) is 2.53. The minimum absolute atomic E-state index is 0.0950. The number of ether oxygens (including phenoxy) is 1. The first-order valence-electron chi connectivity index (χ1n) is 7.79. The first kappa shape index (κ1) is 14.3. The molecule has 0 fully saturated rings. The van der Waals surface area contributed by atoms with Crippen molar-refractivity contribution in [2.45, 2.75) is 32.4 Å². The second kappa shape index (κ2) is 6.42. The lowest BCUT2D eigenvalue weighted by Gasteiger charge is -2.33. The Balaban J connectivity index is 1.96. The topological polar surface area (TPSA) is 21.3 Å². The summed E-state index contributed by atoms with van der Waals surface area (Å²) < 4.78 is 6.14. The van der Waals surface area contributed by atoms with Gasteiger partial charge in [0.2, 0.25) is 0 Å². The highest BCUT2D eigenvalue weighted by Gasteiger charge is 2.29. The van der Waals surface area contributed by atoms with E-state index in [1.165, 1.54) is 22.3 Å². The largest absolute Gasteiger partial charge is 0.371 e. The molecule has 2 atom stereocenters. The number of rotatable bonds is 4. The van der Waals surface area contributed by atoms with E-state index in [0.717, 1.165) is 19.6 Å². The van der Waals surface area contributed by atoms with Crippen molar-refractivity contribution < 1.29 is 4.74 Å². The van der Waals surface area contributed by atoms with E-state index in [0.29, 0.717) is 0 Å². The van der Waals surface area contributed by atoms with E-state index < -0.39 is 0 Å². The first-order chi connectivity index (χ1) is 10.3. The molecule has 2 nitrogen and oxygen atoms in total. The Kier molecular flexibility index (Phi) is 4.37. The van der Waals surface area contributed by atoms with E-state index in [1.807, 2.05) is 0 Å². The van der Waals surface area contributed by atoms with Crippen molar-refractivity contribution in [1.29, 1.82) is 0 Å². The van der Waals surface area contributed by atoms with Crippen molar-refractivity contribution in [1.82, 2.24) is 5.32 Å². The maximum atomic E-state index is 6.14. The van der Waals surface area contributed by atoms with Crippen molar-refractivity contribution in [3.05, 3.63) is 70.8 Å². The fraction of sp³-hybridized carbons (Fsp3) is 0.368. The summed E-state index contributed by atoms with van der Waals surface area (Å²) in [5.74, 6) is 0. The normalized spacial score (nSPS) is 19.0. The summed E-state index contributed by atoms with van der Waals surface area (Å²) in [6.45, 7) is 6.00. The molecular formula is C19H23NO. The molecular weight excluding hydrogens is 258 g/mol. The maximum Gasteiger partial charge on any atom is 0.102 e. The Morgan fingerprint density at radius 2 is 1.90 bits per heavy atom. The molecule has 2 unspecified atom stereocenters. The van der Waals surface area contributed by atoms with Crippen LogP contribution in [0.1, 0.15) is 41.3 Å². The molecule has 0 radical (unpaired) electrons. The predicted octanol–water partition coefficient (Wildman–Crippen LogP) is 3.96. The molecule has 2 heteroatoms. The van der Waals surface area contributed by atoms with Crippen LogP contribution in [0.2, 0.25) is 0 Å². The maximum absolute atomic E-state index is 6.14. The van der Waals surface area contributed by atoms with Crippen molar-refractivity contribution in [3.8, 4) is 0 Å². The third-order valence-corrected chi connectivity index (χ3v) is 4.19. The Hall–Kier alpha value is -1.64. The van der Waals surface area contributed by atoms with E-state index in [-0.39, 0.29) is 12.1 Å². The van der Waals surface area contributed by atoms with Gasteiger partial charge in [0.15, 0.2) is 0 Å². The van der Waals surface area contributed by atoms with Gasteiger partial charge in [-0.1, -0.05) is 61.0 Å². The highest BCUT2D eigenvalue weighted by molar-refractivity contribution is 5.35. The highest BCUT2D eigenvalue weighted by Crippen LogP contribution is 2.36. The lowest BCUT2D eigenvalue weighted by Crippen LogP contribution is -2.31. The summed E-state index contributed by atoms with van der Waals surface area (Å²) in [4.78, 5) is 0. The number of nitrogens with one attached hydrogen (secondary N) is 1. The molecule has 1 heterocycles. The van der Waals surface area contributed by atoms with Crippen molar-refractivity contribution >= 4 is 0 Å². The minimum atomic E-state index is 0.0950. The van der Waals surface area contributed by atoms with Crippen LogP contribution in [0.25, 0.3) is 0 Å². The molecule has 0 saturated heterocycles. The van der Waals surface area contributed by atoms with Crippen LogP contribution in [0.5, 0.6) is 0 Å². The fourth-order valence-corrected chi connectivity index (χ4v) is 3.09. The SMILES string of the molecule is CCNC(c1ccc(C)cc1)C1OCCc2ccccc21. The van der Waals surface area contributed by atoms with Gasteiger partial charge in [0.05, 0.1) is 12.6 Å². The third kappa shape index (κ3) is 3.02. The molecule has 0 saturated carbocycles. The quantitative estimate of drug-likeness (QED) is 0.916. The second-order valence-corrected chi connectivity index (χ2v) is 5.69. The first-order valence-corrected chi connectivity index (χ1v) is 7.79. The Morgan fingerprint density at radius 1 is 1.14 bits per heavy atom. The second-order valence-electron chi connectivity index (χ2n) is 5.69. The molecule has 0 aromatic heterocycles. The van der Waals surface area contributed by atoms with Crippen LogP contribution in [0.15, 0.2) is 48.5 Å². The monoisotopic (exact) mass is 281 g/mol. The van der Waals surface area contributed by atoms with Crippen LogP contribution in [-0.2, 0) is 11.2 Å². The summed E-state index contributed by atoms with van der Waals surface area (Å²) in [5, 5.41) is 3.60. The molecule has 1 N–H and O–H groups in total. The van der Waals surface area contributed by atoms with Gasteiger partial charge in [0.25, 0.3) is 0 Å². The summed E-state index contributed by atoms with van der Waals surface area (Å²) in [6, 6.07) is 17.6. The van der Waals surface area contributed by atoms with Gasteiger partial charge < -0.3 is 10.1 Å². The number of benzene rings is 2. The van der Waals surface area contributed by atoms with Crippen LogP contribution < -0.4 is 5.32 Å².